The molecular weight excluding hydrogens is 596 g/mol. The quantitative estimate of drug-likeness (QED) is 0.327. The summed E-state index contributed by atoms with van der Waals surface area (Å²) < 4.78 is 38.5. The second-order valence-corrected chi connectivity index (χ2v) is 13.1. The van der Waals surface area contributed by atoms with Gasteiger partial charge >= 0.3 is 6.09 Å². The molecule has 2 aliphatic heterocycles. The van der Waals surface area contributed by atoms with Gasteiger partial charge in [-0.1, -0.05) is 24.3 Å². The summed E-state index contributed by atoms with van der Waals surface area (Å²) in [5.74, 6) is -1.08. The number of benzene rings is 1. The predicted octanol–water partition coefficient (Wildman–Crippen LogP) is 2.92. The normalized spacial score (nSPS) is 19.4. The zero-order valence-electron chi connectivity index (χ0n) is 22.8. The lowest BCUT2D eigenvalue weighted by atomic mass is 10.1. The van der Waals surface area contributed by atoms with Gasteiger partial charge in [-0.25, -0.2) is 13.2 Å². The van der Waals surface area contributed by atoms with Crippen LogP contribution >= 0.6 is 11.3 Å². The molecule has 2 amide bonds. The second kappa shape index (κ2) is 11.4. The first-order valence-corrected chi connectivity index (χ1v) is 15.8. The third kappa shape index (κ3) is 5.32. The molecular formula is C29H26N4O8S2. The molecule has 0 radical (unpaired) electrons. The number of Topliss-reactive ketones (excluding diaryl/α,β-unsaturated/α-hetero) is 1. The number of furan rings is 1. The molecule has 14 heteroatoms. The number of ketones is 1. The van der Waals surface area contributed by atoms with Crippen LogP contribution < -0.4 is 10.1 Å². The number of sulfonamides is 1. The van der Waals surface area contributed by atoms with Crippen LogP contribution in [0.5, 0.6) is 5.95 Å². The Morgan fingerprint density at radius 2 is 1.98 bits per heavy atom. The van der Waals surface area contributed by atoms with Crippen molar-refractivity contribution in [1.29, 1.82) is 0 Å². The highest BCUT2D eigenvalue weighted by Gasteiger charge is 2.55. The van der Waals surface area contributed by atoms with Crippen LogP contribution in [0.25, 0.3) is 11.0 Å². The number of fused-ring (bicyclic) bond motifs is 2. The van der Waals surface area contributed by atoms with E-state index in [2.05, 4.69) is 10.3 Å². The minimum absolute atomic E-state index is 0.00707. The summed E-state index contributed by atoms with van der Waals surface area (Å²) in [6, 6.07) is 10.5. The zero-order valence-corrected chi connectivity index (χ0v) is 24.5. The number of nitrogens with zero attached hydrogens (tertiary/aromatic N) is 3. The van der Waals surface area contributed by atoms with Crippen molar-refractivity contribution in [2.24, 2.45) is 0 Å². The van der Waals surface area contributed by atoms with E-state index in [-0.39, 0.29) is 30.9 Å². The summed E-state index contributed by atoms with van der Waals surface area (Å²) in [7, 11) is -4.56. The van der Waals surface area contributed by atoms with Gasteiger partial charge in [0.2, 0.25) is 5.91 Å². The maximum atomic E-state index is 13.9. The van der Waals surface area contributed by atoms with Gasteiger partial charge in [0, 0.05) is 41.2 Å². The van der Waals surface area contributed by atoms with Crippen LogP contribution in [-0.4, -0.2) is 76.7 Å². The molecule has 3 unspecified atom stereocenters. The third-order valence-corrected chi connectivity index (χ3v) is 10.3. The Morgan fingerprint density at radius 3 is 2.70 bits per heavy atom. The number of aryl methyl sites for hydroxylation is 1. The average Bonchev–Trinajstić information content (AvgIpc) is 3.79. The van der Waals surface area contributed by atoms with Gasteiger partial charge in [-0.05, 0) is 43.0 Å². The van der Waals surface area contributed by atoms with E-state index in [9.17, 15) is 27.6 Å². The minimum Gasteiger partial charge on any atom is -0.425 e. The Hall–Kier alpha value is -4.40. The third-order valence-electron chi connectivity index (χ3n) is 7.66. The van der Waals surface area contributed by atoms with E-state index in [1.165, 1.54) is 34.6 Å². The Labute approximate surface area is 250 Å². The number of carbonyl (C=O) groups excluding carboxylic acids is 4. The fourth-order valence-corrected chi connectivity index (χ4v) is 7.87. The largest absolute Gasteiger partial charge is 0.425 e. The molecule has 12 nitrogen and oxygen atoms in total. The van der Waals surface area contributed by atoms with Crippen LogP contribution in [0, 0.1) is 6.92 Å². The topological polar surface area (TPSA) is 156 Å². The van der Waals surface area contributed by atoms with Crippen LogP contribution in [0.1, 0.15) is 27.2 Å². The molecule has 2 saturated heterocycles. The molecule has 222 valence electrons. The summed E-state index contributed by atoms with van der Waals surface area (Å²) in [5.41, 5.74) is 1.04. The molecule has 6 rings (SSSR count). The number of rotatable bonds is 7. The zero-order chi connectivity index (χ0) is 30.3. The van der Waals surface area contributed by atoms with Gasteiger partial charge in [0.1, 0.15) is 17.7 Å². The SMILES string of the molecule is Cc1c(OC(=O)NC(Cc2cccs2)C(=O)N2CCC3C2C(=O)CN3S(=O)(=O)C(=O)c2cccnc2)oc2ccccc12. The fourth-order valence-electron chi connectivity index (χ4n) is 5.61. The van der Waals surface area contributed by atoms with Crippen molar-refractivity contribution < 1.29 is 36.7 Å². The van der Waals surface area contributed by atoms with Gasteiger partial charge in [-0.3, -0.25) is 19.4 Å². The Kier molecular flexibility index (Phi) is 7.58. The molecule has 1 N–H and O–H groups in total. The number of thiophene rings is 1. The number of carbonyl (C=O) groups is 4. The number of hydrogen-bond donors (Lipinski definition) is 1. The molecule has 0 spiro atoms. The van der Waals surface area contributed by atoms with Crippen LogP contribution in [-0.2, 0) is 26.0 Å². The van der Waals surface area contributed by atoms with Crippen LogP contribution in [0.4, 0.5) is 4.79 Å². The van der Waals surface area contributed by atoms with E-state index in [0.717, 1.165) is 20.8 Å². The van der Waals surface area contributed by atoms with Crippen molar-refractivity contribution in [3.05, 3.63) is 82.3 Å². The first-order chi connectivity index (χ1) is 20.6. The maximum Gasteiger partial charge on any atom is 0.415 e. The summed E-state index contributed by atoms with van der Waals surface area (Å²) in [6.45, 7) is 1.27. The van der Waals surface area contributed by atoms with Crippen LogP contribution in [0.3, 0.4) is 0 Å². The molecule has 4 aromatic rings. The smallest absolute Gasteiger partial charge is 0.415 e. The lowest BCUT2D eigenvalue weighted by Crippen LogP contribution is -2.53. The van der Waals surface area contributed by atoms with Crippen LogP contribution in [0.15, 0.2) is 70.7 Å². The summed E-state index contributed by atoms with van der Waals surface area (Å²) in [6.07, 6.45) is 1.90. The van der Waals surface area contributed by atoms with Crippen molar-refractivity contribution in [3.8, 4) is 5.95 Å². The number of hydrogen-bond acceptors (Lipinski definition) is 10. The Morgan fingerprint density at radius 1 is 1.16 bits per heavy atom. The molecule has 0 bridgehead atoms. The lowest BCUT2D eigenvalue weighted by molar-refractivity contribution is -0.138. The van der Waals surface area contributed by atoms with Gasteiger partial charge in [-0.15, -0.1) is 11.3 Å². The van der Waals surface area contributed by atoms with Crippen molar-refractivity contribution >= 4 is 55.2 Å². The summed E-state index contributed by atoms with van der Waals surface area (Å²) in [5, 5.41) is 4.06. The van der Waals surface area contributed by atoms with Crippen LogP contribution in [0.2, 0.25) is 0 Å². The van der Waals surface area contributed by atoms with E-state index in [1.807, 2.05) is 29.6 Å². The number of likely N-dealkylation sites (tertiary alicyclic amines) is 1. The van der Waals surface area contributed by atoms with Gasteiger partial charge < -0.3 is 19.4 Å². The molecule has 2 aliphatic rings. The highest BCUT2D eigenvalue weighted by molar-refractivity contribution is 8.04. The van der Waals surface area contributed by atoms with Gasteiger partial charge in [0.25, 0.3) is 21.1 Å². The minimum atomic E-state index is -4.56. The van der Waals surface area contributed by atoms with E-state index < -0.39 is 57.6 Å². The van der Waals surface area contributed by atoms with E-state index in [4.69, 9.17) is 9.15 Å². The second-order valence-electron chi connectivity index (χ2n) is 10.3. The Bertz CT molecular complexity index is 1820. The van der Waals surface area contributed by atoms with Gasteiger partial charge in [0.15, 0.2) is 5.78 Å². The molecule has 3 atom stereocenters. The van der Waals surface area contributed by atoms with Crippen molar-refractivity contribution in [3.63, 3.8) is 0 Å². The van der Waals surface area contributed by atoms with Crippen molar-refractivity contribution in [1.82, 2.24) is 19.5 Å². The summed E-state index contributed by atoms with van der Waals surface area (Å²) >= 11 is 1.39. The molecule has 5 heterocycles. The van der Waals surface area contributed by atoms with E-state index in [0.29, 0.717) is 11.1 Å². The van der Waals surface area contributed by atoms with E-state index >= 15 is 0 Å². The number of amides is 2. The van der Waals surface area contributed by atoms with E-state index in [1.54, 1.807) is 19.1 Å². The van der Waals surface area contributed by atoms with Gasteiger partial charge in [0.05, 0.1) is 18.2 Å². The van der Waals surface area contributed by atoms with Crippen molar-refractivity contribution in [2.75, 3.05) is 13.1 Å². The molecule has 1 aromatic carbocycles. The first kappa shape index (κ1) is 28.7. The van der Waals surface area contributed by atoms with Crippen molar-refractivity contribution in [2.45, 2.75) is 37.9 Å². The molecule has 2 fully saturated rings. The fraction of sp³-hybridized carbons (Fsp3) is 0.276. The first-order valence-electron chi connectivity index (χ1n) is 13.4. The average molecular weight is 623 g/mol. The lowest BCUT2D eigenvalue weighted by Gasteiger charge is -2.27. The summed E-state index contributed by atoms with van der Waals surface area (Å²) in [4.78, 5) is 58.9. The highest BCUT2D eigenvalue weighted by Crippen LogP contribution is 2.34. The number of para-hydroxylation sites is 1. The number of aromatic nitrogens is 1. The number of pyridine rings is 1. The molecule has 0 aliphatic carbocycles. The van der Waals surface area contributed by atoms with Gasteiger partial charge in [-0.2, -0.15) is 4.31 Å². The Balaban J connectivity index is 1.21. The predicted molar refractivity (Wildman–Crippen MR) is 155 cm³/mol. The monoisotopic (exact) mass is 622 g/mol. The molecule has 43 heavy (non-hydrogen) atoms. The standard InChI is InChI=1S/C29H26N4O8S2/c1-17-20-8-2-3-9-24(20)40-28(17)41-29(37)31-21(14-19-7-5-13-42-19)26(35)32-12-10-22-25(32)23(34)16-33(22)43(38,39)27(36)18-6-4-11-30-15-18/h2-9,11,13,15,21-22,25H,10,12,14,16H2,1H3,(H,31,37). The molecule has 3 aromatic heterocycles. The highest BCUT2D eigenvalue weighted by atomic mass is 32.2. The maximum absolute atomic E-state index is 13.9. The number of nitrogens with one attached hydrogen (secondary N) is 1. The molecule has 0 saturated carbocycles. The number of ether oxygens (including phenoxy) is 1.